The van der Waals surface area contributed by atoms with Crippen LogP contribution in [0.5, 0.6) is 11.5 Å². The van der Waals surface area contributed by atoms with Crippen molar-refractivity contribution in [3.8, 4) is 17.6 Å². The number of nitrogens with zero attached hydrogens (tertiary/aromatic N) is 2. The molecule has 1 saturated carbocycles. The molecule has 0 atom stereocenters. The second-order valence-corrected chi connectivity index (χ2v) is 5.75. The summed E-state index contributed by atoms with van der Waals surface area (Å²) < 4.78 is 5.97. The molecule has 1 aliphatic rings. The summed E-state index contributed by atoms with van der Waals surface area (Å²) in [5.41, 5.74) is 3.53. The Balaban J connectivity index is 1.97. The average Bonchev–Trinajstić information content (AvgIpc) is 3.24. The van der Waals surface area contributed by atoms with Gasteiger partial charge in [-0.3, -0.25) is 5.10 Å². The second-order valence-electron chi connectivity index (χ2n) is 5.37. The molecule has 1 heterocycles. The summed E-state index contributed by atoms with van der Waals surface area (Å²) >= 11 is 6.14. The molecule has 0 aliphatic heterocycles. The van der Waals surface area contributed by atoms with Crippen LogP contribution in [0.1, 0.15) is 48.1 Å². The van der Waals surface area contributed by atoms with Crippen LogP contribution in [0.2, 0.25) is 5.15 Å². The first kappa shape index (κ1) is 14.0. The largest absolute Gasteiger partial charge is 0.452 e. The lowest BCUT2D eigenvalue weighted by molar-refractivity contribution is 0.475. The van der Waals surface area contributed by atoms with Gasteiger partial charge in [0.2, 0.25) is 0 Å². The summed E-state index contributed by atoms with van der Waals surface area (Å²) in [5.74, 6) is 1.77. The zero-order valence-electron chi connectivity index (χ0n) is 12.0. The number of aromatic amines is 1. The van der Waals surface area contributed by atoms with Gasteiger partial charge < -0.3 is 4.74 Å². The third-order valence-electron chi connectivity index (χ3n) is 3.77. The van der Waals surface area contributed by atoms with Crippen LogP contribution in [0.15, 0.2) is 12.1 Å². The quantitative estimate of drug-likeness (QED) is 0.906. The Morgan fingerprint density at radius 2 is 2.24 bits per heavy atom. The predicted molar refractivity (Wildman–Crippen MR) is 80.9 cm³/mol. The molecule has 0 amide bonds. The van der Waals surface area contributed by atoms with Gasteiger partial charge in [-0.2, -0.15) is 10.4 Å². The van der Waals surface area contributed by atoms with E-state index in [4.69, 9.17) is 16.3 Å². The minimum Gasteiger partial charge on any atom is -0.452 e. The van der Waals surface area contributed by atoms with E-state index in [9.17, 15) is 5.26 Å². The standard InChI is InChI=1S/C16H16ClN3O/c1-3-10-7-12(6-9(2)13(10)8-18)21-15-14(11-4-5-11)19-20-16(15)17/h6-7,11H,3-5H2,1-2H3,(H,19,20). The fraction of sp³-hybridized carbons (Fsp3) is 0.375. The first-order chi connectivity index (χ1) is 10.1. The van der Waals surface area contributed by atoms with E-state index in [0.717, 1.165) is 41.6 Å². The lowest BCUT2D eigenvalue weighted by atomic mass is 10.0. The summed E-state index contributed by atoms with van der Waals surface area (Å²) in [6, 6.07) is 6.03. The molecule has 0 bridgehead atoms. The molecule has 1 aromatic carbocycles. The van der Waals surface area contributed by atoms with E-state index >= 15 is 0 Å². The highest BCUT2D eigenvalue weighted by Gasteiger charge is 2.31. The number of ether oxygens (including phenoxy) is 1. The summed E-state index contributed by atoms with van der Waals surface area (Å²) in [4.78, 5) is 0. The monoisotopic (exact) mass is 301 g/mol. The number of nitrogens with one attached hydrogen (secondary N) is 1. The predicted octanol–water partition coefficient (Wildman–Crippen LogP) is 4.48. The van der Waals surface area contributed by atoms with Gasteiger partial charge in [0, 0.05) is 5.92 Å². The molecule has 1 N–H and O–H groups in total. The normalized spacial score (nSPS) is 14.0. The second kappa shape index (κ2) is 5.42. The summed E-state index contributed by atoms with van der Waals surface area (Å²) in [6.45, 7) is 3.95. The molecule has 1 aliphatic carbocycles. The number of H-pyrrole nitrogens is 1. The number of hydrogen-bond acceptors (Lipinski definition) is 3. The lowest BCUT2D eigenvalue weighted by Gasteiger charge is -2.11. The van der Waals surface area contributed by atoms with Gasteiger partial charge in [0.25, 0.3) is 0 Å². The van der Waals surface area contributed by atoms with E-state index in [-0.39, 0.29) is 0 Å². The zero-order chi connectivity index (χ0) is 15.0. The number of halogens is 1. The fourth-order valence-electron chi connectivity index (χ4n) is 2.49. The maximum absolute atomic E-state index is 9.22. The third-order valence-corrected chi connectivity index (χ3v) is 4.03. The number of benzene rings is 1. The topological polar surface area (TPSA) is 61.7 Å². The van der Waals surface area contributed by atoms with Crippen LogP contribution in [-0.4, -0.2) is 10.2 Å². The third kappa shape index (κ3) is 2.62. The van der Waals surface area contributed by atoms with Crippen LogP contribution >= 0.6 is 11.6 Å². The van der Waals surface area contributed by atoms with Crippen molar-refractivity contribution in [3.05, 3.63) is 39.7 Å². The smallest absolute Gasteiger partial charge is 0.187 e. The lowest BCUT2D eigenvalue weighted by Crippen LogP contribution is -1.95. The first-order valence-corrected chi connectivity index (χ1v) is 7.47. The van der Waals surface area contributed by atoms with Crippen molar-refractivity contribution < 1.29 is 4.74 Å². The molecule has 3 rings (SSSR count). The van der Waals surface area contributed by atoms with E-state index in [1.165, 1.54) is 0 Å². The van der Waals surface area contributed by atoms with Crippen molar-refractivity contribution in [2.75, 3.05) is 0 Å². The maximum Gasteiger partial charge on any atom is 0.187 e. The minimum absolute atomic E-state index is 0.428. The molecule has 0 saturated heterocycles. The number of aromatic nitrogens is 2. The van der Waals surface area contributed by atoms with Gasteiger partial charge in [-0.15, -0.1) is 0 Å². The van der Waals surface area contributed by atoms with Crippen LogP contribution in [0, 0.1) is 18.3 Å². The van der Waals surface area contributed by atoms with Crippen molar-refractivity contribution in [1.82, 2.24) is 10.2 Å². The van der Waals surface area contributed by atoms with Gasteiger partial charge >= 0.3 is 0 Å². The summed E-state index contributed by atoms with van der Waals surface area (Å²) in [6.07, 6.45) is 3.05. The average molecular weight is 302 g/mol. The van der Waals surface area contributed by atoms with Crippen molar-refractivity contribution in [3.63, 3.8) is 0 Å². The van der Waals surface area contributed by atoms with Gasteiger partial charge in [0.15, 0.2) is 10.9 Å². The van der Waals surface area contributed by atoms with E-state index in [1.807, 2.05) is 26.0 Å². The van der Waals surface area contributed by atoms with Gasteiger partial charge in [-0.25, -0.2) is 0 Å². The van der Waals surface area contributed by atoms with Gasteiger partial charge in [-0.05, 0) is 49.4 Å². The number of nitriles is 1. The Morgan fingerprint density at radius 3 is 2.86 bits per heavy atom. The van der Waals surface area contributed by atoms with E-state index < -0.39 is 0 Å². The summed E-state index contributed by atoms with van der Waals surface area (Å²) in [5, 5.41) is 16.7. The van der Waals surface area contributed by atoms with E-state index in [0.29, 0.717) is 22.6 Å². The van der Waals surface area contributed by atoms with Crippen LogP contribution < -0.4 is 4.74 Å². The molecule has 0 radical (unpaired) electrons. The van der Waals surface area contributed by atoms with Crippen LogP contribution in [0.3, 0.4) is 0 Å². The van der Waals surface area contributed by atoms with Gasteiger partial charge in [0.1, 0.15) is 11.4 Å². The number of rotatable bonds is 4. The molecule has 1 fully saturated rings. The van der Waals surface area contributed by atoms with E-state index in [2.05, 4.69) is 16.3 Å². The van der Waals surface area contributed by atoms with Crippen LogP contribution in [0.25, 0.3) is 0 Å². The Labute approximate surface area is 128 Å². The van der Waals surface area contributed by atoms with Crippen molar-refractivity contribution in [2.45, 2.75) is 39.0 Å². The SMILES string of the molecule is CCc1cc(Oc2c(C3CC3)n[nH]c2Cl)cc(C)c1C#N. The Hall–Kier alpha value is -1.99. The van der Waals surface area contributed by atoms with Crippen LogP contribution in [-0.2, 0) is 6.42 Å². The highest BCUT2D eigenvalue weighted by atomic mass is 35.5. The minimum atomic E-state index is 0.428. The maximum atomic E-state index is 9.22. The molecule has 4 nitrogen and oxygen atoms in total. The first-order valence-electron chi connectivity index (χ1n) is 7.09. The molecule has 2 aromatic rings. The number of hydrogen-bond donors (Lipinski definition) is 1. The Morgan fingerprint density at radius 1 is 1.48 bits per heavy atom. The van der Waals surface area contributed by atoms with Crippen molar-refractivity contribution >= 4 is 11.6 Å². The van der Waals surface area contributed by atoms with Gasteiger partial charge in [-0.1, -0.05) is 18.5 Å². The van der Waals surface area contributed by atoms with E-state index in [1.54, 1.807) is 0 Å². The molecule has 0 spiro atoms. The molecule has 1 aromatic heterocycles. The zero-order valence-corrected chi connectivity index (χ0v) is 12.8. The van der Waals surface area contributed by atoms with Gasteiger partial charge in [0.05, 0.1) is 11.6 Å². The molecule has 5 heteroatoms. The Kier molecular flexibility index (Phi) is 3.60. The molecule has 0 unspecified atom stereocenters. The fourth-order valence-corrected chi connectivity index (χ4v) is 2.67. The van der Waals surface area contributed by atoms with Crippen molar-refractivity contribution in [1.29, 1.82) is 5.26 Å². The van der Waals surface area contributed by atoms with Crippen LogP contribution in [0.4, 0.5) is 0 Å². The summed E-state index contributed by atoms with van der Waals surface area (Å²) in [7, 11) is 0. The highest BCUT2D eigenvalue weighted by molar-refractivity contribution is 6.31. The highest BCUT2D eigenvalue weighted by Crippen LogP contribution is 2.46. The Bertz CT molecular complexity index is 726. The molecule has 108 valence electrons. The molecule has 21 heavy (non-hydrogen) atoms. The molecular formula is C16H16ClN3O. The number of aryl methyl sites for hydroxylation is 2. The molecular weight excluding hydrogens is 286 g/mol. The van der Waals surface area contributed by atoms with Crippen molar-refractivity contribution in [2.24, 2.45) is 0 Å².